The van der Waals surface area contributed by atoms with Crippen LogP contribution < -0.4 is 10.2 Å². The zero-order valence-electron chi connectivity index (χ0n) is 13.9. The van der Waals surface area contributed by atoms with Crippen molar-refractivity contribution in [3.8, 4) is 0 Å². The molecule has 0 bridgehead atoms. The molecular formula is C18H12ClN3O5. The van der Waals surface area contributed by atoms with Crippen LogP contribution in [0, 0.1) is 10.1 Å². The van der Waals surface area contributed by atoms with Crippen LogP contribution in [0.2, 0.25) is 0 Å². The first kappa shape index (κ1) is 18.3. The quantitative estimate of drug-likeness (QED) is 0.366. The lowest BCUT2D eigenvalue weighted by Crippen LogP contribution is -2.32. The van der Waals surface area contributed by atoms with Gasteiger partial charge >= 0.3 is 0 Å². The van der Waals surface area contributed by atoms with E-state index in [1.807, 2.05) is 0 Å². The monoisotopic (exact) mass is 385 g/mol. The Morgan fingerprint density at radius 3 is 2.48 bits per heavy atom. The number of carbonyl (C=O) groups excluding carboxylic acids is 3. The Balaban J connectivity index is 1.93. The van der Waals surface area contributed by atoms with Gasteiger partial charge < -0.3 is 5.32 Å². The summed E-state index contributed by atoms with van der Waals surface area (Å²) in [5.41, 5.74) is 0.419. The standard InChI is InChI=1S/C18H12ClN3O5/c1-10(23)11-4-2-5-12(8-11)20-16-15(19)17(24)21(18(16)25)13-6-3-7-14(9-13)22(26)27/h2-9,20H,1H3. The Morgan fingerprint density at radius 2 is 1.81 bits per heavy atom. The number of non-ortho nitro benzene ring substituents is 1. The maximum absolute atomic E-state index is 12.7. The van der Waals surface area contributed by atoms with Gasteiger partial charge in [-0.3, -0.25) is 24.5 Å². The number of halogens is 1. The third-order valence-electron chi connectivity index (χ3n) is 3.86. The number of hydrogen-bond acceptors (Lipinski definition) is 6. The number of ketones is 1. The van der Waals surface area contributed by atoms with Crippen molar-refractivity contribution in [2.75, 3.05) is 10.2 Å². The van der Waals surface area contributed by atoms with E-state index >= 15 is 0 Å². The van der Waals surface area contributed by atoms with Gasteiger partial charge in [0.15, 0.2) is 5.78 Å². The van der Waals surface area contributed by atoms with Gasteiger partial charge in [0.25, 0.3) is 17.5 Å². The number of anilines is 2. The highest BCUT2D eigenvalue weighted by atomic mass is 35.5. The van der Waals surface area contributed by atoms with Crippen LogP contribution in [-0.2, 0) is 9.59 Å². The molecule has 27 heavy (non-hydrogen) atoms. The number of imide groups is 1. The first-order valence-corrected chi connectivity index (χ1v) is 8.08. The third kappa shape index (κ3) is 3.42. The molecule has 1 aliphatic heterocycles. The molecule has 1 heterocycles. The molecule has 2 aromatic rings. The van der Waals surface area contributed by atoms with Crippen molar-refractivity contribution in [3.63, 3.8) is 0 Å². The van der Waals surface area contributed by atoms with E-state index in [0.29, 0.717) is 11.3 Å². The third-order valence-corrected chi connectivity index (χ3v) is 4.22. The summed E-state index contributed by atoms with van der Waals surface area (Å²) >= 11 is 6.03. The smallest absolute Gasteiger partial charge is 0.283 e. The SMILES string of the molecule is CC(=O)c1cccc(NC2=C(Cl)C(=O)N(c3cccc([N+](=O)[O-])c3)C2=O)c1. The number of benzene rings is 2. The summed E-state index contributed by atoms with van der Waals surface area (Å²) in [5.74, 6) is -1.71. The highest BCUT2D eigenvalue weighted by Crippen LogP contribution is 2.31. The highest BCUT2D eigenvalue weighted by Gasteiger charge is 2.39. The summed E-state index contributed by atoms with van der Waals surface area (Å²) in [6.45, 7) is 1.40. The Labute approximate surface area is 158 Å². The van der Waals surface area contributed by atoms with E-state index in [0.717, 1.165) is 11.0 Å². The van der Waals surface area contributed by atoms with E-state index in [2.05, 4.69) is 5.32 Å². The second kappa shape index (κ2) is 7.00. The molecule has 1 N–H and O–H groups in total. The number of nitro groups is 1. The van der Waals surface area contributed by atoms with Crippen LogP contribution in [0.25, 0.3) is 0 Å². The molecule has 3 rings (SSSR count). The zero-order valence-corrected chi connectivity index (χ0v) is 14.7. The van der Waals surface area contributed by atoms with Gasteiger partial charge in [0.1, 0.15) is 10.7 Å². The van der Waals surface area contributed by atoms with Crippen LogP contribution in [-0.4, -0.2) is 22.5 Å². The normalized spacial score (nSPS) is 13.9. The number of Topliss-reactive ketones (excluding diaryl/α,β-unsaturated/α-hetero) is 1. The van der Waals surface area contributed by atoms with Crippen LogP contribution in [0.15, 0.2) is 59.3 Å². The molecule has 1 aliphatic rings. The molecule has 0 spiro atoms. The Kier molecular flexibility index (Phi) is 4.74. The van der Waals surface area contributed by atoms with Crippen molar-refractivity contribution in [1.29, 1.82) is 0 Å². The minimum atomic E-state index is -0.799. The molecule has 8 nitrogen and oxygen atoms in total. The van der Waals surface area contributed by atoms with E-state index in [1.165, 1.54) is 31.2 Å². The van der Waals surface area contributed by atoms with Crippen LogP contribution >= 0.6 is 11.6 Å². The number of nitrogens with one attached hydrogen (secondary N) is 1. The van der Waals surface area contributed by atoms with Gasteiger partial charge in [0, 0.05) is 23.4 Å². The second-order valence-electron chi connectivity index (χ2n) is 5.67. The Morgan fingerprint density at radius 1 is 1.11 bits per heavy atom. The average molecular weight is 386 g/mol. The number of hydrogen-bond donors (Lipinski definition) is 1. The van der Waals surface area contributed by atoms with Gasteiger partial charge in [-0.15, -0.1) is 0 Å². The molecule has 136 valence electrons. The van der Waals surface area contributed by atoms with Gasteiger partial charge in [-0.05, 0) is 25.1 Å². The van der Waals surface area contributed by atoms with Crippen LogP contribution in [0.3, 0.4) is 0 Å². The number of carbonyl (C=O) groups is 3. The summed E-state index contributed by atoms with van der Waals surface area (Å²) < 4.78 is 0. The molecule has 0 unspecified atom stereocenters. The summed E-state index contributed by atoms with van der Waals surface area (Å²) in [6.07, 6.45) is 0. The molecule has 0 fully saturated rings. The summed E-state index contributed by atoms with van der Waals surface area (Å²) in [6, 6.07) is 11.5. The molecule has 0 radical (unpaired) electrons. The molecule has 0 saturated carbocycles. The van der Waals surface area contributed by atoms with Gasteiger partial charge in [-0.25, -0.2) is 4.90 Å². The van der Waals surface area contributed by atoms with Gasteiger partial charge in [0.05, 0.1) is 10.6 Å². The highest BCUT2D eigenvalue weighted by molar-refractivity contribution is 6.53. The zero-order chi connectivity index (χ0) is 19.7. The largest absolute Gasteiger partial charge is 0.350 e. The fourth-order valence-corrected chi connectivity index (χ4v) is 2.76. The maximum Gasteiger partial charge on any atom is 0.283 e. The topological polar surface area (TPSA) is 110 Å². The second-order valence-corrected chi connectivity index (χ2v) is 6.05. The maximum atomic E-state index is 12.7. The minimum Gasteiger partial charge on any atom is -0.350 e. The summed E-state index contributed by atoms with van der Waals surface area (Å²) in [7, 11) is 0. The Bertz CT molecular complexity index is 1030. The molecule has 9 heteroatoms. The van der Waals surface area contributed by atoms with Crippen LogP contribution in [0.1, 0.15) is 17.3 Å². The minimum absolute atomic E-state index is 0.0339. The van der Waals surface area contributed by atoms with Gasteiger partial charge in [0.2, 0.25) is 0 Å². The number of nitro benzene ring substituents is 1. The number of nitrogens with zero attached hydrogens (tertiary/aromatic N) is 2. The van der Waals surface area contributed by atoms with E-state index in [-0.39, 0.29) is 27.9 Å². The fourth-order valence-electron chi connectivity index (χ4n) is 2.55. The molecule has 0 atom stereocenters. The predicted molar refractivity (Wildman–Crippen MR) is 98.5 cm³/mol. The molecule has 2 aromatic carbocycles. The molecule has 0 aliphatic carbocycles. The van der Waals surface area contributed by atoms with Crippen molar-refractivity contribution < 1.29 is 19.3 Å². The fraction of sp³-hybridized carbons (Fsp3) is 0.0556. The lowest BCUT2D eigenvalue weighted by Gasteiger charge is -2.15. The van der Waals surface area contributed by atoms with Crippen molar-refractivity contribution in [2.45, 2.75) is 6.92 Å². The molecule has 0 saturated heterocycles. The van der Waals surface area contributed by atoms with Gasteiger partial charge in [-0.1, -0.05) is 29.8 Å². The molecular weight excluding hydrogens is 374 g/mol. The van der Waals surface area contributed by atoms with Crippen molar-refractivity contribution in [3.05, 3.63) is 74.9 Å². The first-order valence-electron chi connectivity index (χ1n) is 7.70. The number of amides is 2. The molecule has 0 aromatic heterocycles. The van der Waals surface area contributed by atoms with Crippen LogP contribution in [0.4, 0.5) is 17.1 Å². The summed E-state index contributed by atoms with van der Waals surface area (Å²) in [5, 5.41) is 13.3. The van der Waals surface area contributed by atoms with Crippen LogP contribution in [0.5, 0.6) is 0 Å². The predicted octanol–water partition coefficient (Wildman–Crippen LogP) is 3.23. The van der Waals surface area contributed by atoms with Gasteiger partial charge in [-0.2, -0.15) is 0 Å². The number of rotatable bonds is 5. The van der Waals surface area contributed by atoms with E-state index < -0.39 is 16.7 Å². The van der Waals surface area contributed by atoms with E-state index in [1.54, 1.807) is 18.2 Å². The van der Waals surface area contributed by atoms with E-state index in [4.69, 9.17) is 11.6 Å². The Hall–Kier alpha value is -3.52. The van der Waals surface area contributed by atoms with Crippen molar-refractivity contribution in [1.82, 2.24) is 0 Å². The summed E-state index contributed by atoms with van der Waals surface area (Å²) in [4.78, 5) is 47.7. The van der Waals surface area contributed by atoms with Crippen molar-refractivity contribution in [2.24, 2.45) is 0 Å². The first-order chi connectivity index (χ1) is 12.8. The van der Waals surface area contributed by atoms with Crippen molar-refractivity contribution >= 4 is 46.3 Å². The molecule has 2 amide bonds. The van der Waals surface area contributed by atoms with E-state index in [9.17, 15) is 24.5 Å². The lowest BCUT2D eigenvalue weighted by atomic mass is 10.1. The lowest BCUT2D eigenvalue weighted by molar-refractivity contribution is -0.384. The average Bonchev–Trinajstić information content (AvgIpc) is 2.85.